The summed E-state index contributed by atoms with van der Waals surface area (Å²) in [6, 6.07) is 17.4. The molecule has 0 aliphatic heterocycles. The minimum Gasteiger partial charge on any atom is -0.365 e. The second kappa shape index (κ2) is 7.59. The molecule has 5 heteroatoms. The van der Waals surface area contributed by atoms with Crippen molar-refractivity contribution >= 4 is 33.7 Å². The van der Waals surface area contributed by atoms with E-state index in [9.17, 15) is 4.79 Å². The van der Waals surface area contributed by atoms with Crippen LogP contribution in [0.2, 0.25) is 0 Å². The molecule has 0 aliphatic carbocycles. The molecule has 0 saturated heterocycles. The number of carbonyl (C=O) groups is 1. The number of hydrogen-bond acceptors (Lipinski definition) is 3. The van der Waals surface area contributed by atoms with Crippen molar-refractivity contribution < 1.29 is 4.79 Å². The Morgan fingerprint density at radius 2 is 1.86 bits per heavy atom. The Hall–Kier alpha value is -2.14. The zero-order valence-corrected chi connectivity index (χ0v) is 13.2. The predicted octanol–water partition coefficient (Wildman–Crippen LogP) is 3.04. The van der Waals surface area contributed by atoms with Gasteiger partial charge >= 0.3 is 0 Å². The number of rotatable bonds is 5. The third-order valence-electron chi connectivity index (χ3n) is 2.85. The summed E-state index contributed by atoms with van der Waals surface area (Å²) in [6.45, 7) is 0.252. The van der Waals surface area contributed by atoms with Crippen molar-refractivity contribution in [2.24, 2.45) is 5.10 Å². The second-order valence-corrected chi connectivity index (χ2v) is 5.45. The zero-order valence-electron chi connectivity index (χ0n) is 11.7. The van der Waals surface area contributed by atoms with Crippen molar-refractivity contribution in [2.45, 2.75) is 0 Å². The molecule has 0 aromatic heterocycles. The Morgan fingerprint density at radius 1 is 1.19 bits per heavy atom. The van der Waals surface area contributed by atoms with E-state index in [0.717, 1.165) is 15.7 Å². The van der Waals surface area contributed by atoms with Gasteiger partial charge in [0.1, 0.15) is 0 Å². The summed E-state index contributed by atoms with van der Waals surface area (Å²) < 4.78 is 1.01. The topological polar surface area (TPSA) is 44.7 Å². The average molecular weight is 346 g/mol. The van der Waals surface area contributed by atoms with E-state index in [2.05, 4.69) is 26.5 Å². The maximum Gasteiger partial charge on any atom is 0.259 e. The maximum absolute atomic E-state index is 11.8. The van der Waals surface area contributed by atoms with E-state index in [-0.39, 0.29) is 12.5 Å². The Balaban J connectivity index is 1.83. The minimum atomic E-state index is -0.158. The maximum atomic E-state index is 11.8. The first-order chi connectivity index (χ1) is 10.1. The van der Waals surface area contributed by atoms with Crippen LogP contribution >= 0.6 is 15.9 Å². The second-order valence-electron chi connectivity index (χ2n) is 4.54. The smallest absolute Gasteiger partial charge is 0.259 e. The van der Waals surface area contributed by atoms with E-state index in [0.29, 0.717) is 0 Å². The van der Waals surface area contributed by atoms with Gasteiger partial charge < -0.3 is 4.90 Å². The van der Waals surface area contributed by atoms with E-state index in [4.69, 9.17) is 0 Å². The lowest BCUT2D eigenvalue weighted by atomic mass is 10.2. The lowest BCUT2D eigenvalue weighted by molar-refractivity contribution is -0.119. The molecular formula is C16H16BrN3O. The number of nitrogens with one attached hydrogen (secondary N) is 1. The quantitative estimate of drug-likeness (QED) is 0.668. The number of likely N-dealkylation sites (N-methyl/N-ethyl adjacent to an activating group) is 1. The first-order valence-electron chi connectivity index (χ1n) is 6.49. The molecule has 0 heterocycles. The Morgan fingerprint density at radius 3 is 2.52 bits per heavy atom. The average Bonchev–Trinajstić information content (AvgIpc) is 2.50. The molecule has 0 spiro atoms. The van der Waals surface area contributed by atoms with Crippen LogP contribution < -0.4 is 10.3 Å². The van der Waals surface area contributed by atoms with E-state index >= 15 is 0 Å². The number of amides is 1. The van der Waals surface area contributed by atoms with Crippen LogP contribution in [0.15, 0.2) is 64.2 Å². The third-order valence-corrected chi connectivity index (χ3v) is 3.38. The van der Waals surface area contributed by atoms with E-state index in [1.165, 1.54) is 0 Å². The third kappa shape index (κ3) is 5.04. The van der Waals surface area contributed by atoms with Crippen molar-refractivity contribution in [3.8, 4) is 0 Å². The Bertz CT molecular complexity index is 611. The molecule has 1 amide bonds. The van der Waals surface area contributed by atoms with Gasteiger partial charge in [0.15, 0.2) is 0 Å². The Labute approximate surface area is 132 Å². The summed E-state index contributed by atoms with van der Waals surface area (Å²) >= 11 is 3.37. The molecule has 4 nitrogen and oxygen atoms in total. The molecule has 1 N–H and O–H groups in total. The minimum absolute atomic E-state index is 0.158. The van der Waals surface area contributed by atoms with Gasteiger partial charge in [0.2, 0.25) is 0 Å². The summed E-state index contributed by atoms with van der Waals surface area (Å²) in [7, 11) is 1.87. The molecule has 0 radical (unpaired) electrons. The fraction of sp³-hybridized carbons (Fsp3) is 0.125. The van der Waals surface area contributed by atoms with E-state index in [1.54, 1.807) is 6.21 Å². The number of anilines is 1. The summed E-state index contributed by atoms with van der Waals surface area (Å²) in [5, 5.41) is 3.95. The molecule has 0 bridgehead atoms. The number of para-hydroxylation sites is 1. The van der Waals surface area contributed by atoms with Gasteiger partial charge in [-0.05, 0) is 29.8 Å². The van der Waals surface area contributed by atoms with Crippen LogP contribution in [-0.2, 0) is 4.79 Å². The molecule has 0 fully saturated rings. The van der Waals surface area contributed by atoms with Crippen molar-refractivity contribution in [3.63, 3.8) is 0 Å². The van der Waals surface area contributed by atoms with Crippen LogP contribution in [0.3, 0.4) is 0 Å². The van der Waals surface area contributed by atoms with Gasteiger partial charge in [0, 0.05) is 17.2 Å². The molecule has 108 valence electrons. The lowest BCUT2D eigenvalue weighted by Gasteiger charge is -2.17. The fourth-order valence-electron chi connectivity index (χ4n) is 1.75. The van der Waals surface area contributed by atoms with Crippen LogP contribution in [-0.4, -0.2) is 25.7 Å². The van der Waals surface area contributed by atoms with E-state index in [1.807, 2.05) is 66.5 Å². The molecule has 0 aliphatic rings. The van der Waals surface area contributed by atoms with Gasteiger partial charge in [-0.3, -0.25) is 4.79 Å². The van der Waals surface area contributed by atoms with Gasteiger partial charge in [-0.1, -0.05) is 46.3 Å². The molecule has 0 unspecified atom stereocenters. The lowest BCUT2D eigenvalue weighted by Crippen LogP contribution is -2.32. The molecule has 2 rings (SSSR count). The highest BCUT2D eigenvalue weighted by Gasteiger charge is 2.05. The summed E-state index contributed by atoms with van der Waals surface area (Å²) in [5.74, 6) is -0.158. The molecule has 21 heavy (non-hydrogen) atoms. The van der Waals surface area contributed by atoms with E-state index < -0.39 is 0 Å². The van der Waals surface area contributed by atoms with Crippen LogP contribution in [0.25, 0.3) is 0 Å². The number of carbonyl (C=O) groups excluding carboxylic acids is 1. The largest absolute Gasteiger partial charge is 0.365 e. The van der Waals surface area contributed by atoms with Gasteiger partial charge in [0.05, 0.1) is 12.8 Å². The van der Waals surface area contributed by atoms with Crippen molar-refractivity contribution in [2.75, 3.05) is 18.5 Å². The highest BCUT2D eigenvalue weighted by atomic mass is 79.9. The van der Waals surface area contributed by atoms with Gasteiger partial charge in [-0.15, -0.1) is 0 Å². The Kier molecular flexibility index (Phi) is 5.51. The zero-order chi connectivity index (χ0) is 15.1. The predicted molar refractivity (Wildman–Crippen MR) is 89.6 cm³/mol. The van der Waals surface area contributed by atoms with Gasteiger partial charge in [0.25, 0.3) is 5.91 Å². The fourth-order valence-corrected chi connectivity index (χ4v) is 2.02. The highest BCUT2D eigenvalue weighted by molar-refractivity contribution is 9.10. The first kappa shape index (κ1) is 15.3. The standard InChI is InChI=1S/C16H16BrN3O/c1-20(15-5-3-2-4-6-15)12-16(21)19-18-11-13-7-9-14(17)10-8-13/h2-11H,12H2,1H3,(H,19,21). The van der Waals surface area contributed by atoms with Gasteiger partial charge in [-0.2, -0.15) is 5.10 Å². The molecule has 2 aromatic carbocycles. The summed E-state index contributed by atoms with van der Waals surface area (Å²) in [4.78, 5) is 13.7. The van der Waals surface area contributed by atoms with Crippen LogP contribution in [0, 0.1) is 0 Å². The normalized spacial score (nSPS) is 10.6. The number of nitrogens with zero attached hydrogens (tertiary/aromatic N) is 2. The van der Waals surface area contributed by atoms with Gasteiger partial charge in [-0.25, -0.2) is 5.43 Å². The number of benzene rings is 2. The SMILES string of the molecule is CN(CC(=O)NN=Cc1ccc(Br)cc1)c1ccccc1. The van der Waals surface area contributed by atoms with Crippen LogP contribution in [0.1, 0.15) is 5.56 Å². The highest BCUT2D eigenvalue weighted by Crippen LogP contribution is 2.10. The molecule has 0 atom stereocenters. The number of hydrazone groups is 1. The number of hydrogen-bond donors (Lipinski definition) is 1. The van der Waals surface area contributed by atoms with Crippen molar-refractivity contribution in [3.05, 3.63) is 64.6 Å². The monoisotopic (exact) mass is 345 g/mol. The molecule has 2 aromatic rings. The van der Waals surface area contributed by atoms with Crippen molar-refractivity contribution in [1.82, 2.24) is 5.43 Å². The number of halogens is 1. The first-order valence-corrected chi connectivity index (χ1v) is 7.28. The summed E-state index contributed by atoms with van der Waals surface area (Å²) in [5.41, 5.74) is 4.44. The van der Waals surface area contributed by atoms with Crippen molar-refractivity contribution in [1.29, 1.82) is 0 Å². The van der Waals surface area contributed by atoms with Crippen LogP contribution in [0.5, 0.6) is 0 Å². The molecular weight excluding hydrogens is 330 g/mol. The molecule has 0 saturated carbocycles. The summed E-state index contributed by atoms with van der Waals surface area (Å²) in [6.07, 6.45) is 1.62. The van der Waals surface area contributed by atoms with Crippen LogP contribution in [0.4, 0.5) is 5.69 Å².